The molecule has 5 fully saturated rings. The Morgan fingerprint density at radius 3 is 2.76 bits per heavy atom. The summed E-state index contributed by atoms with van der Waals surface area (Å²) in [7, 11) is -5.43. The Morgan fingerprint density at radius 1 is 1.31 bits per heavy atom. The van der Waals surface area contributed by atoms with E-state index in [1.54, 1.807) is 12.3 Å². The molecule has 0 spiro atoms. The molecule has 5 aliphatic rings. The third kappa shape index (κ3) is 2.67. The summed E-state index contributed by atoms with van der Waals surface area (Å²) in [5.74, 6) is 0.494. The number of piperidine rings is 3. The summed E-state index contributed by atoms with van der Waals surface area (Å²) < 4.78 is 69.6. The maximum absolute atomic E-state index is 13.1. The van der Waals surface area contributed by atoms with Gasteiger partial charge >= 0.3 is 5.51 Å². The molecule has 2 aromatic rings. The first-order valence-corrected chi connectivity index (χ1v) is 11.3. The smallest absolute Gasteiger partial charge is 0.364 e. The van der Waals surface area contributed by atoms with E-state index in [2.05, 4.69) is 16.8 Å². The standard InChI is InChI=1S/C20H21F3N2O3S/c1-2-19-11-25-8-6-12(19)9-17(25)18(28-19)14-5-7-24-16-4-3-13(10-15(14)16)29(26,27)20(21,22)23/h3-5,7,10,12,17-18H,2,6,8-9,11H2,1H3/t12-,17+,18-,19-/m0/s1. The van der Waals surface area contributed by atoms with E-state index >= 15 is 0 Å². The normalized spacial score (nSPS) is 34.1. The van der Waals surface area contributed by atoms with Crippen LogP contribution in [0.5, 0.6) is 0 Å². The third-order valence-electron chi connectivity index (χ3n) is 6.95. The molecule has 4 bridgehead atoms. The zero-order valence-electron chi connectivity index (χ0n) is 15.8. The van der Waals surface area contributed by atoms with Crippen molar-refractivity contribution in [1.82, 2.24) is 9.88 Å². The van der Waals surface area contributed by atoms with Crippen LogP contribution in [0.25, 0.3) is 10.9 Å². The Hall–Kier alpha value is -1.71. The van der Waals surface area contributed by atoms with Gasteiger partial charge in [-0.3, -0.25) is 9.88 Å². The predicted molar refractivity (Wildman–Crippen MR) is 99.9 cm³/mol. The number of morpholine rings is 1. The van der Waals surface area contributed by atoms with Gasteiger partial charge in [0.1, 0.15) is 0 Å². The first kappa shape index (κ1) is 19.3. The number of benzene rings is 1. The minimum absolute atomic E-state index is 0.149. The number of sulfone groups is 1. The van der Waals surface area contributed by atoms with Gasteiger partial charge in [-0.1, -0.05) is 6.92 Å². The fraction of sp³-hybridized carbons (Fsp3) is 0.550. The van der Waals surface area contributed by atoms with Gasteiger partial charge in [-0.05, 0) is 61.6 Å². The average Bonchev–Trinajstić information content (AvgIpc) is 2.72. The SMILES string of the molecule is CC[C@]12CN3CC[C@H]1C[C@@H]3[C@H](c1ccnc3ccc(S(=O)(=O)C(F)(F)F)cc13)O2. The van der Waals surface area contributed by atoms with Crippen LogP contribution < -0.4 is 0 Å². The number of hydrogen-bond donors (Lipinski definition) is 0. The Bertz CT molecular complexity index is 1090. The summed E-state index contributed by atoms with van der Waals surface area (Å²) >= 11 is 0. The maximum atomic E-state index is 13.1. The quantitative estimate of drug-likeness (QED) is 0.746. The van der Waals surface area contributed by atoms with Crippen LogP contribution in [0, 0.1) is 5.92 Å². The lowest BCUT2D eigenvalue weighted by Gasteiger charge is -2.64. The van der Waals surface area contributed by atoms with Crippen LogP contribution >= 0.6 is 0 Å². The summed E-state index contributed by atoms with van der Waals surface area (Å²) in [5.41, 5.74) is -4.43. The largest absolute Gasteiger partial charge is 0.501 e. The van der Waals surface area contributed by atoms with E-state index in [0.29, 0.717) is 22.4 Å². The molecule has 0 aliphatic carbocycles. The molecule has 9 heteroatoms. The van der Waals surface area contributed by atoms with Gasteiger partial charge in [0.2, 0.25) is 0 Å². The molecule has 0 N–H and O–H groups in total. The summed E-state index contributed by atoms with van der Waals surface area (Å²) in [6.45, 7) is 3.98. The van der Waals surface area contributed by atoms with Crippen LogP contribution in [-0.2, 0) is 14.6 Å². The van der Waals surface area contributed by atoms with Crippen molar-refractivity contribution in [3.8, 4) is 0 Å². The highest BCUT2D eigenvalue weighted by Gasteiger charge is 2.58. The number of hydrogen-bond acceptors (Lipinski definition) is 5. The monoisotopic (exact) mass is 426 g/mol. The van der Waals surface area contributed by atoms with E-state index in [1.165, 1.54) is 6.07 Å². The lowest BCUT2D eigenvalue weighted by Crippen LogP contribution is -2.70. The van der Waals surface area contributed by atoms with Gasteiger partial charge < -0.3 is 4.74 Å². The van der Waals surface area contributed by atoms with Crippen molar-refractivity contribution in [2.45, 2.75) is 54.3 Å². The molecule has 5 aliphatic heterocycles. The highest BCUT2D eigenvalue weighted by Crippen LogP contribution is 2.54. The molecule has 5 atom stereocenters. The second-order valence-electron chi connectivity index (χ2n) is 8.24. The third-order valence-corrected chi connectivity index (χ3v) is 8.44. The van der Waals surface area contributed by atoms with E-state index in [9.17, 15) is 21.6 Å². The fourth-order valence-electron chi connectivity index (χ4n) is 5.42. The molecule has 7 rings (SSSR count). The van der Waals surface area contributed by atoms with Crippen molar-refractivity contribution in [1.29, 1.82) is 0 Å². The van der Waals surface area contributed by atoms with Crippen LogP contribution in [0.4, 0.5) is 13.2 Å². The zero-order chi connectivity index (χ0) is 20.6. The number of pyridine rings is 1. The highest BCUT2D eigenvalue weighted by atomic mass is 32.2. The van der Waals surface area contributed by atoms with E-state index in [1.807, 2.05) is 0 Å². The number of aromatic nitrogens is 1. The minimum Gasteiger partial charge on any atom is -0.364 e. The minimum atomic E-state index is -5.43. The van der Waals surface area contributed by atoms with Crippen LogP contribution in [0.3, 0.4) is 0 Å². The molecule has 156 valence electrons. The van der Waals surface area contributed by atoms with Crippen molar-refractivity contribution in [2.75, 3.05) is 13.1 Å². The van der Waals surface area contributed by atoms with Gasteiger partial charge in [-0.2, -0.15) is 13.2 Å². The van der Waals surface area contributed by atoms with Crippen molar-refractivity contribution >= 4 is 20.7 Å². The number of nitrogens with zero attached hydrogens (tertiary/aromatic N) is 2. The predicted octanol–water partition coefficient (Wildman–Crippen LogP) is 3.84. The van der Waals surface area contributed by atoms with E-state index in [0.717, 1.165) is 44.5 Å². The van der Waals surface area contributed by atoms with E-state index in [4.69, 9.17) is 4.74 Å². The van der Waals surface area contributed by atoms with Gasteiger partial charge in [0, 0.05) is 24.2 Å². The van der Waals surface area contributed by atoms with Gasteiger partial charge in [-0.15, -0.1) is 0 Å². The van der Waals surface area contributed by atoms with E-state index in [-0.39, 0.29) is 17.7 Å². The number of rotatable bonds is 3. The summed E-state index contributed by atoms with van der Waals surface area (Å²) in [6.07, 6.45) is 4.25. The Labute approximate surface area is 166 Å². The van der Waals surface area contributed by atoms with Crippen LogP contribution in [0.15, 0.2) is 35.4 Å². The lowest BCUT2D eigenvalue weighted by molar-refractivity contribution is -0.274. The molecular weight excluding hydrogens is 405 g/mol. The molecule has 5 saturated heterocycles. The Balaban J connectivity index is 1.64. The van der Waals surface area contributed by atoms with Crippen LogP contribution in [0.1, 0.15) is 37.9 Å². The number of ether oxygens (including phenoxy) is 1. The molecule has 1 aromatic heterocycles. The molecular formula is C20H21F3N2O3S. The van der Waals surface area contributed by atoms with Gasteiger partial charge in [0.15, 0.2) is 0 Å². The zero-order valence-corrected chi connectivity index (χ0v) is 16.6. The molecule has 29 heavy (non-hydrogen) atoms. The number of fused-ring (bicyclic) bond motifs is 3. The van der Waals surface area contributed by atoms with Gasteiger partial charge in [0.25, 0.3) is 9.84 Å². The molecule has 0 amide bonds. The topological polar surface area (TPSA) is 59.5 Å². The molecule has 1 aromatic carbocycles. The first-order valence-electron chi connectivity index (χ1n) is 9.78. The van der Waals surface area contributed by atoms with Crippen molar-refractivity contribution in [2.24, 2.45) is 5.92 Å². The van der Waals surface area contributed by atoms with Crippen molar-refractivity contribution < 1.29 is 26.3 Å². The lowest BCUT2D eigenvalue weighted by atomic mass is 9.66. The van der Waals surface area contributed by atoms with E-state index < -0.39 is 20.2 Å². The first-order chi connectivity index (χ1) is 13.7. The van der Waals surface area contributed by atoms with Crippen LogP contribution in [-0.4, -0.2) is 48.5 Å². The fourth-order valence-corrected chi connectivity index (χ4v) is 6.21. The second kappa shape index (κ2) is 6.15. The van der Waals surface area contributed by atoms with Crippen molar-refractivity contribution in [3.63, 3.8) is 0 Å². The summed E-state index contributed by atoms with van der Waals surface area (Å²) in [6, 6.07) is 5.29. The van der Waals surface area contributed by atoms with Crippen molar-refractivity contribution in [3.05, 3.63) is 36.0 Å². The Kier molecular flexibility index (Phi) is 4.09. The summed E-state index contributed by atoms with van der Waals surface area (Å²) in [5, 5.41) is 0.402. The maximum Gasteiger partial charge on any atom is 0.501 e. The molecule has 6 heterocycles. The molecule has 5 nitrogen and oxygen atoms in total. The highest BCUT2D eigenvalue weighted by molar-refractivity contribution is 7.92. The molecule has 0 radical (unpaired) electrons. The average molecular weight is 426 g/mol. The molecule has 1 unspecified atom stereocenters. The molecule has 0 saturated carbocycles. The number of halogens is 3. The van der Waals surface area contributed by atoms with Gasteiger partial charge in [0.05, 0.1) is 22.1 Å². The second-order valence-corrected chi connectivity index (χ2v) is 10.2. The Morgan fingerprint density at radius 2 is 2.10 bits per heavy atom. The van der Waals surface area contributed by atoms with Crippen LogP contribution in [0.2, 0.25) is 0 Å². The summed E-state index contributed by atoms with van der Waals surface area (Å²) in [4.78, 5) is 5.88. The number of alkyl halides is 3. The van der Waals surface area contributed by atoms with Gasteiger partial charge in [-0.25, -0.2) is 8.42 Å².